The number of ether oxygens (including phenoxy) is 4. The Kier molecular flexibility index (Phi) is 75.6. The SMILES string of the molecule is CCCCCCCCCCCCCCCCCCCCCCC(=O)OC[C@H](COP(=O)(O)OC[C@@H](O)COP(=O)(O)OC[C@@H](COC(=O)CCCCCCCCCC(C)C)OC(=O)CCCCCCCCCCCCCC(C)C)OC(=O)CCCCCCCCCCCCCCCCCCCCC(C)CC. The fourth-order valence-electron chi connectivity index (χ4n) is 13.5. The Morgan fingerprint density at radius 1 is 0.274 bits per heavy atom. The molecule has 630 valence electrons. The first-order chi connectivity index (χ1) is 51.3. The number of rotatable bonds is 85. The molecular formula is C87H170O17P2. The molecule has 0 aromatic rings. The van der Waals surface area contributed by atoms with Crippen LogP contribution in [0.3, 0.4) is 0 Å². The number of aliphatic hydroxyl groups is 1. The molecule has 0 radical (unpaired) electrons. The first-order valence-corrected chi connectivity index (χ1v) is 47.9. The van der Waals surface area contributed by atoms with Crippen LogP contribution in [0.25, 0.3) is 0 Å². The lowest BCUT2D eigenvalue weighted by Gasteiger charge is -2.21. The van der Waals surface area contributed by atoms with Gasteiger partial charge in [0.05, 0.1) is 26.4 Å². The van der Waals surface area contributed by atoms with Gasteiger partial charge in [-0.1, -0.05) is 408 Å². The van der Waals surface area contributed by atoms with E-state index in [9.17, 15) is 43.2 Å². The van der Waals surface area contributed by atoms with Crippen LogP contribution in [0.15, 0.2) is 0 Å². The van der Waals surface area contributed by atoms with Gasteiger partial charge >= 0.3 is 39.5 Å². The molecule has 0 fully saturated rings. The zero-order valence-electron chi connectivity index (χ0n) is 69.9. The fourth-order valence-corrected chi connectivity index (χ4v) is 15.1. The number of carbonyl (C=O) groups is 4. The summed E-state index contributed by atoms with van der Waals surface area (Å²) in [5, 5.41) is 10.7. The number of hydrogen-bond acceptors (Lipinski definition) is 15. The van der Waals surface area contributed by atoms with E-state index in [0.717, 1.165) is 108 Å². The molecule has 0 aromatic heterocycles. The topological polar surface area (TPSA) is 237 Å². The first-order valence-electron chi connectivity index (χ1n) is 44.9. The van der Waals surface area contributed by atoms with Crippen LogP contribution in [0.2, 0.25) is 0 Å². The third-order valence-electron chi connectivity index (χ3n) is 20.7. The van der Waals surface area contributed by atoms with Gasteiger partial charge in [0, 0.05) is 25.7 Å². The Morgan fingerprint density at radius 3 is 0.717 bits per heavy atom. The number of phosphoric acid groups is 2. The van der Waals surface area contributed by atoms with Gasteiger partial charge in [0.1, 0.15) is 19.3 Å². The molecule has 0 saturated heterocycles. The normalized spacial score (nSPS) is 14.1. The summed E-state index contributed by atoms with van der Waals surface area (Å²) < 4.78 is 68.9. The maximum atomic E-state index is 13.2. The van der Waals surface area contributed by atoms with Crippen molar-refractivity contribution >= 4 is 39.5 Å². The first kappa shape index (κ1) is 104. The van der Waals surface area contributed by atoms with E-state index in [4.69, 9.17) is 37.0 Å². The summed E-state index contributed by atoms with van der Waals surface area (Å²) in [6.07, 6.45) is 68.2. The van der Waals surface area contributed by atoms with E-state index in [-0.39, 0.29) is 25.7 Å². The molecule has 17 nitrogen and oxygen atoms in total. The summed E-state index contributed by atoms with van der Waals surface area (Å²) >= 11 is 0. The van der Waals surface area contributed by atoms with Gasteiger partial charge in [0.25, 0.3) is 0 Å². The summed E-state index contributed by atoms with van der Waals surface area (Å²) in [6, 6.07) is 0. The van der Waals surface area contributed by atoms with Crippen molar-refractivity contribution in [3.05, 3.63) is 0 Å². The third-order valence-corrected chi connectivity index (χ3v) is 22.6. The maximum Gasteiger partial charge on any atom is 0.472 e. The second kappa shape index (κ2) is 77.0. The molecule has 0 rings (SSSR count). The Balaban J connectivity index is 5.21. The zero-order chi connectivity index (χ0) is 77.9. The molecular weight excluding hydrogens is 1380 g/mol. The van der Waals surface area contributed by atoms with E-state index < -0.39 is 97.5 Å². The molecule has 0 spiro atoms. The second-order valence-electron chi connectivity index (χ2n) is 32.5. The molecule has 0 bridgehead atoms. The minimum absolute atomic E-state index is 0.106. The third kappa shape index (κ3) is 78.7. The van der Waals surface area contributed by atoms with Gasteiger partial charge in [-0.25, -0.2) is 9.13 Å². The van der Waals surface area contributed by atoms with E-state index in [0.29, 0.717) is 31.6 Å². The van der Waals surface area contributed by atoms with Crippen molar-refractivity contribution in [2.45, 2.75) is 478 Å². The van der Waals surface area contributed by atoms with E-state index in [1.165, 1.54) is 263 Å². The molecule has 6 atom stereocenters. The van der Waals surface area contributed by atoms with Gasteiger partial charge in [0.2, 0.25) is 0 Å². The summed E-state index contributed by atoms with van der Waals surface area (Å²) in [5.74, 6) is 0.235. The van der Waals surface area contributed by atoms with Crippen LogP contribution in [0.5, 0.6) is 0 Å². The van der Waals surface area contributed by atoms with Crippen LogP contribution in [0.4, 0.5) is 0 Å². The van der Waals surface area contributed by atoms with E-state index in [1.54, 1.807) is 0 Å². The molecule has 0 aliphatic carbocycles. The summed E-state index contributed by atoms with van der Waals surface area (Å²) in [5.41, 5.74) is 0. The highest BCUT2D eigenvalue weighted by Crippen LogP contribution is 2.45. The summed E-state index contributed by atoms with van der Waals surface area (Å²) in [6.45, 7) is 12.0. The number of esters is 4. The highest BCUT2D eigenvalue weighted by atomic mass is 31.2. The Hall–Kier alpha value is -1.94. The Labute approximate surface area is 651 Å². The predicted octanol–water partition coefficient (Wildman–Crippen LogP) is 26.5. The molecule has 0 amide bonds. The summed E-state index contributed by atoms with van der Waals surface area (Å²) in [7, 11) is -9.93. The molecule has 0 aromatic carbocycles. The number of unbranched alkanes of at least 4 members (excludes halogenated alkanes) is 52. The molecule has 3 N–H and O–H groups in total. The monoisotopic (exact) mass is 1550 g/mol. The Bertz CT molecular complexity index is 2050. The highest BCUT2D eigenvalue weighted by Gasteiger charge is 2.31. The van der Waals surface area contributed by atoms with Crippen molar-refractivity contribution in [3.63, 3.8) is 0 Å². The minimum Gasteiger partial charge on any atom is -0.462 e. The van der Waals surface area contributed by atoms with Gasteiger partial charge in [-0.05, 0) is 43.4 Å². The molecule has 0 saturated carbocycles. The Morgan fingerprint density at radius 2 is 0.481 bits per heavy atom. The number of hydrogen-bond donors (Lipinski definition) is 3. The molecule has 0 aliphatic heterocycles. The smallest absolute Gasteiger partial charge is 0.462 e. The van der Waals surface area contributed by atoms with Crippen molar-refractivity contribution < 1.29 is 80.2 Å². The number of phosphoric ester groups is 2. The van der Waals surface area contributed by atoms with E-state index in [1.807, 2.05) is 0 Å². The van der Waals surface area contributed by atoms with Gasteiger partial charge in [-0.15, -0.1) is 0 Å². The fraction of sp³-hybridized carbons (Fsp3) is 0.954. The maximum absolute atomic E-state index is 13.2. The number of aliphatic hydroxyl groups excluding tert-OH is 1. The van der Waals surface area contributed by atoms with Crippen molar-refractivity contribution in [2.75, 3.05) is 39.6 Å². The van der Waals surface area contributed by atoms with Crippen molar-refractivity contribution in [1.82, 2.24) is 0 Å². The second-order valence-corrected chi connectivity index (χ2v) is 35.4. The van der Waals surface area contributed by atoms with Crippen LogP contribution >= 0.6 is 15.6 Å². The quantitative estimate of drug-likeness (QED) is 0.0222. The van der Waals surface area contributed by atoms with Crippen molar-refractivity contribution in [3.8, 4) is 0 Å². The number of carbonyl (C=O) groups excluding carboxylic acids is 4. The molecule has 106 heavy (non-hydrogen) atoms. The van der Waals surface area contributed by atoms with Gasteiger partial charge in [-0.2, -0.15) is 0 Å². The van der Waals surface area contributed by atoms with Gasteiger partial charge in [-0.3, -0.25) is 37.3 Å². The van der Waals surface area contributed by atoms with Crippen LogP contribution < -0.4 is 0 Å². The molecule has 19 heteroatoms. The lowest BCUT2D eigenvalue weighted by atomic mass is 9.99. The largest absolute Gasteiger partial charge is 0.472 e. The van der Waals surface area contributed by atoms with E-state index in [2.05, 4.69) is 48.5 Å². The van der Waals surface area contributed by atoms with Crippen LogP contribution in [-0.4, -0.2) is 96.7 Å². The zero-order valence-corrected chi connectivity index (χ0v) is 71.7. The molecule has 0 aliphatic rings. The van der Waals surface area contributed by atoms with Gasteiger partial charge < -0.3 is 33.8 Å². The van der Waals surface area contributed by atoms with Crippen molar-refractivity contribution in [2.24, 2.45) is 17.8 Å². The average Bonchev–Trinajstić information content (AvgIpc) is 0.903. The predicted molar refractivity (Wildman–Crippen MR) is 437 cm³/mol. The standard InChI is InChI=1S/C87H170O17P2/c1-8-10-11-12-13-14-15-16-17-18-19-20-24-27-30-35-40-47-54-61-68-84(89)97-74-82(103-86(91)70-63-56-48-41-36-31-28-25-22-21-23-26-29-34-39-46-53-60-67-80(7)9-2)76-101-105(93,94)99-72-81(88)73-100-106(95,96)102-77-83(75-98-85(90)69-62-55-50-43-45-52-59-66-79(5)6)104-87(92)71-64-57-49-42-37-32-33-38-44-51-58-65-78(3)4/h78-83,88H,8-77H2,1-7H3,(H,93,94)(H,95,96)/t80?,81-,82-,83-/m1/s1. The minimum atomic E-state index is -4.97. The highest BCUT2D eigenvalue weighted by molar-refractivity contribution is 7.47. The lowest BCUT2D eigenvalue weighted by Crippen LogP contribution is -2.30. The lowest BCUT2D eigenvalue weighted by molar-refractivity contribution is -0.161. The van der Waals surface area contributed by atoms with Crippen molar-refractivity contribution in [1.29, 1.82) is 0 Å². The average molecular weight is 1550 g/mol. The molecule has 3 unspecified atom stereocenters. The van der Waals surface area contributed by atoms with Gasteiger partial charge in [0.15, 0.2) is 12.2 Å². The molecule has 0 heterocycles. The van der Waals surface area contributed by atoms with Crippen LogP contribution in [-0.2, 0) is 65.4 Å². The summed E-state index contributed by atoms with van der Waals surface area (Å²) in [4.78, 5) is 73.2. The van der Waals surface area contributed by atoms with Crippen LogP contribution in [0, 0.1) is 17.8 Å². The van der Waals surface area contributed by atoms with Crippen LogP contribution in [0.1, 0.15) is 459 Å². The van der Waals surface area contributed by atoms with E-state index >= 15 is 0 Å².